The van der Waals surface area contributed by atoms with E-state index in [2.05, 4.69) is 10.2 Å². The Balaban J connectivity index is 2.13. The van der Waals surface area contributed by atoms with Crippen molar-refractivity contribution in [1.29, 1.82) is 0 Å². The SMILES string of the molecule is CN(C)CCNC(=O)C1CCCSC1. The Morgan fingerprint density at radius 2 is 2.36 bits per heavy atom. The number of hydrogen-bond donors (Lipinski definition) is 1. The van der Waals surface area contributed by atoms with Gasteiger partial charge in [-0.05, 0) is 32.7 Å². The molecule has 14 heavy (non-hydrogen) atoms. The fourth-order valence-corrected chi connectivity index (χ4v) is 2.63. The topological polar surface area (TPSA) is 32.3 Å². The van der Waals surface area contributed by atoms with Gasteiger partial charge in [-0.1, -0.05) is 0 Å². The summed E-state index contributed by atoms with van der Waals surface area (Å²) in [6, 6.07) is 0. The Kier molecular flexibility index (Phi) is 5.33. The van der Waals surface area contributed by atoms with Crippen LogP contribution in [0, 0.1) is 5.92 Å². The van der Waals surface area contributed by atoms with Crippen LogP contribution in [0.1, 0.15) is 12.8 Å². The fourth-order valence-electron chi connectivity index (χ4n) is 1.49. The van der Waals surface area contributed by atoms with Crippen LogP contribution < -0.4 is 5.32 Å². The summed E-state index contributed by atoms with van der Waals surface area (Å²) in [6.45, 7) is 1.69. The highest BCUT2D eigenvalue weighted by atomic mass is 32.2. The van der Waals surface area contributed by atoms with Crippen molar-refractivity contribution in [1.82, 2.24) is 10.2 Å². The van der Waals surface area contributed by atoms with Crippen molar-refractivity contribution >= 4 is 17.7 Å². The molecule has 0 aromatic carbocycles. The zero-order chi connectivity index (χ0) is 10.4. The van der Waals surface area contributed by atoms with E-state index in [1.807, 2.05) is 25.9 Å². The van der Waals surface area contributed by atoms with Crippen LogP contribution in [0.5, 0.6) is 0 Å². The number of nitrogens with one attached hydrogen (secondary N) is 1. The molecule has 82 valence electrons. The van der Waals surface area contributed by atoms with Crippen molar-refractivity contribution in [2.75, 3.05) is 38.7 Å². The third-order valence-corrected chi connectivity index (χ3v) is 3.60. The zero-order valence-corrected chi connectivity index (χ0v) is 9.90. The van der Waals surface area contributed by atoms with Gasteiger partial charge in [0.2, 0.25) is 5.91 Å². The van der Waals surface area contributed by atoms with E-state index < -0.39 is 0 Å². The smallest absolute Gasteiger partial charge is 0.223 e. The van der Waals surface area contributed by atoms with Gasteiger partial charge in [0.1, 0.15) is 0 Å². The first-order chi connectivity index (χ1) is 6.70. The molecule has 1 rings (SSSR count). The first-order valence-corrected chi connectivity index (χ1v) is 6.36. The average Bonchev–Trinajstić information content (AvgIpc) is 2.18. The van der Waals surface area contributed by atoms with E-state index in [4.69, 9.17) is 0 Å². The molecule has 1 saturated heterocycles. The second-order valence-corrected chi connectivity index (χ2v) is 5.16. The molecular formula is C10H20N2OS. The lowest BCUT2D eigenvalue weighted by molar-refractivity contribution is -0.124. The molecule has 0 radical (unpaired) electrons. The fraction of sp³-hybridized carbons (Fsp3) is 0.900. The lowest BCUT2D eigenvalue weighted by Crippen LogP contribution is -2.37. The summed E-state index contributed by atoms with van der Waals surface area (Å²) in [4.78, 5) is 13.7. The van der Waals surface area contributed by atoms with E-state index in [0.29, 0.717) is 0 Å². The second kappa shape index (κ2) is 6.30. The van der Waals surface area contributed by atoms with Crippen molar-refractivity contribution in [2.24, 2.45) is 5.92 Å². The summed E-state index contributed by atoms with van der Waals surface area (Å²) < 4.78 is 0. The molecule has 0 spiro atoms. The zero-order valence-electron chi connectivity index (χ0n) is 9.08. The number of carbonyl (C=O) groups excluding carboxylic acids is 1. The van der Waals surface area contributed by atoms with Gasteiger partial charge in [-0.3, -0.25) is 4.79 Å². The van der Waals surface area contributed by atoms with Gasteiger partial charge in [0.15, 0.2) is 0 Å². The third-order valence-electron chi connectivity index (χ3n) is 2.39. The molecule has 1 N–H and O–H groups in total. The van der Waals surface area contributed by atoms with E-state index in [-0.39, 0.29) is 11.8 Å². The molecule has 1 unspecified atom stereocenters. The number of thioether (sulfide) groups is 1. The van der Waals surface area contributed by atoms with Crippen LogP contribution in [0.15, 0.2) is 0 Å². The van der Waals surface area contributed by atoms with E-state index in [9.17, 15) is 4.79 Å². The van der Waals surface area contributed by atoms with E-state index >= 15 is 0 Å². The van der Waals surface area contributed by atoms with Crippen LogP contribution in [0.4, 0.5) is 0 Å². The summed E-state index contributed by atoms with van der Waals surface area (Å²) in [6.07, 6.45) is 2.26. The molecule has 4 heteroatoms. The van der Waals surface area contributed by atoms with Crippen molar-refractivity contribution in [3.63, 3.8) is 0 Å². The summed E-state index contributed by atoms with van der Waals surface area (Å²) in [5.74, 6) is 2.74. The number of hydrogen-bond acceptors (Lipinski definition) is 3. The number of nitrogens with zero attached hydrogens (tertiary/aromatic N) is 1. The molecule has 3 nitrogen and oxygen atoms in total. The van der Waals surface area contributed by atoms with Gasteiger partial charge in [-0.15, -0.1) is 0 Å². The summed E-state index contributed by atoms with van der Waals surface area (Å²) in [5, 5.41) is 2.99. The second-order valence-electron chi connectivity index (χ2n) is 4.01. The van der Waals surface area contributed by atoms with Crippen LogP contribution in [0.3, 0.4) is 0 Å². The van der Waals surface area contributed by atoms with Crippen molar-refractivity contribution in [3.8, 4) is 0 Å². The maximum atomic E-state index is 11.6. The normalized spacial score (nSPS) is 22.4. The van der Waals surface area contributed by atoms with Crippen LogP contribution in [0.2, 0.25) is 0 Å². The Bertz CT molecular complexity index is 179. The standard InChI is InChI=1S/C10H20N2OS/c1-12(2)6-5-11-10(13)9-4-3-7-14-8-9/h9H,3-8H2,1-2H3,(H,11,13). The Morgan fingerprint density at radius 1 is 1.57 bits per heavy atom. The highest BCUT2D eigenvalue weighted by Crippen LogP contribution is 2.22. The number of rotatable bonds is 4. The minimum Gasteiger partial charge on any atom is -0.355 e. The number of carbonyl (C=O) groups is 1. The monoisotopic (exact) mass is 216 g/mol. The molecule has 1 aliphatic heterocycles. The molecule has 0 bridgehead atoms. The first kappa shape index (κ1) is 11.9. The quantitative estimate of drug-likeness (QED) is 0.755. The predicted molar refractivity (Wildman–Crippen MR) is 61.6 cm³/mol. The minimum absolute atomic E-state index is 0.249. The highest BCUT2D eigenvalue weighted by Gasteiger charge is 2.20. The van der Waals surface area contributed by atoms with Crippen molar-refractivity contribution in [2.45, 2.75) is 12.8 Å². The molecule has 0 aliphatic carbocycles. The largest absolute Gasteiger partial charge is 0.355 e. The summed E-state index contributed by atoms with van der Waals surface area (Å²) in [5.41, 5.74) is 0. The summed E-state index contributed by atoms with van der Waals surface area (Å²) in [7, 11) is 4.03. The highest BCUT2D eigenvalue weighted by molar-refractivity contribution is 7.99. The van der Waals surface area contributed by atoms with Crippen molar-refractivity contribution < 1.29 is 4.79 Å². The molecule has 1 fully saturated rings. The average molecular weight is 216 g/mol. The van der Waals surface area contributed by atoms with E-state index in [1.165, 1.54) is 12.2 Å². The maximum absolute atomic E-state index is 11.6. The van der Waals surface area contributed by atoms with Crippen molar-refractivity contribution in [3.05, 3.63) is 0 Å². The van der Waals surface area contributed by atoms with Gasteiger partial charge in [-0.25, -0.2) is 0 Å². The van der Waals surface area contributed by atoms with Gasteiger partial charge in [0.25, 0.3) is 0 Å². The third kappa shape index (κ3) is 4.33. The van der Waals surface area contributed by atoms with Gasteiger partial charge >= 0.3 is 0 Å². The van der Waals surface area contributed by atoms with Crippen LogP contribution in [-0.2, 0) is 4.79 Å². The lowest BCUT2D eigenvalue weighted by Gasteiger charge is -2.21. The van der Waals surface area contributed by atoms with Gasteiger partial charge < -0.3 is 10.2 Å². The van der Waals surface area contributed by atoms with Crippen LogP contribution in [-0.4, -0.2) is 49.5 Å². The van der Waals surface area contributed by atoms with Crippen LogP contribution >= 0.6 is 11.8 Å². The molecular weight excluding hydrogens is 196 g/mol. The molecule has 0 aromatic heterocycles. The minimum atomic E-state index is 0.249. The Labute approximate surface area is 90.6 Å². The van der Waals surface area contributed by atoms with Gasteiger partial charge in [0.05, 0.1) is 0 Å². The number of likely N-dealkylation sites (N-methyl/N-ethyl adjacent to an activating group) is 1. The van der Waals surface area contributed by atoms with Gasteiger partial charge in [0, 0.05) is 24.8 Å². The predicted octanol–water partition coefficient (Wildman–Crippen LogP) is 0.807. The molecule has 0 aromatic rings. The molecule has 1 aliphatic rings. The molecule has 0 saturated carbocycles. The first-order valence-electron chi connectivity index (χ1n) is 5.20. The van der Waals surface area contributed by atoms with E-state index in [0.717, 1.165) is 25.3 Å². The Hall–Kier alpha value is -0.220. The molecule has 1 heterocycles. The van der Waals surface area contributed by atoms with Gasteiger partial charge in [-0.2, -0.15) is 11.8 Å². The molecule has 1 amide bonds. The Morgan fingerprint density at radius 3 is 2.93 bits per heavy atom. The van der Waals surface area contributed by atoms with Crippen LogP contribution in [0.25, 0.3) is 0 Å². The maximum Gasteiger partial charge on any atom is 0.223 e. The lowest BCUT2D eigenvalue weighted by atomic mass is 10.0. The summed E-state index contributed by atoms with van der Waals surface area (Å²) >= 11 is 1.90. The van der Waals surface area contributed by atoms with E-state index in [1.54, 1.807) is 0 Å². The molecule has 1 atom stereocenters. The number of amides is 1.